The summed E-state index contributed by atoms with van der Waals surface area (Å²) in [5.41, 5.74) is 5.97. The van der Waals surface area contributed by atoms with E-state index >= 15 is 0 Å². The molecule has 0 aromatic rings. The Morgan fingerprint density at radius 3 is 3.00 bits per heavy atom. The highest BCUT2D eigenvalue weighted by Gasteiger charge is 2.54. The van der Waals surface area contributed by atoms with Crippen molar-refractivity contribution in [1.29, 1.82) is 0 Å². The average Bonchev–Trinajstić information content (AvgIpc) is 2.74. The Labute approximate surface area is 120 Å². The summed E-state index contributed by atoms with van der Waals surface area (Å²) in [6, 6.07) is 0. The van der Waals surface area contributed by atoms with Crippen molar-refractivity contribution >= 4 is 5.78 Å². The third-order valence-electron chi connectivity index (χ3n) is 6.54. The van der Waals surface area contributed by atoms with Gasteiger partial charge in [-0.25, -0.2) is 0 Å². The van der Waals surface area contributed by atoms with E-state index in [2.05, 4.69) is 12.7 Å². The molecule has 2 heteroatoms. The van der Waals surface area contributed by atoms with E-state index in [-0.39, 0.29) is 17.3 Å². The van der Waals surface area contributed by atoms with Gasteiger partial charge in [0.25, 0.3) is 0 Å². The molecule has 0 aromatic heterocycles. The van der Waals surface area contributed by atoms with E-state index in [0.29, 0.717) is 17.8 Å². The lowest BCUT2D eigenvalue weighted by atomic mass is 9.54. The quantitative estimate of drug-likeness (QED) is 0.686. The Balaban J connectivity index is 1.71. The molecule has 0 saturated heterocycles. The van der Waals surface area contributed by atoms with Crippen molar-refractivity contribution in [3.63, 3.8) is 0 Å². The van der Waals surface area contributed by atoms with Gasteiger partial charge in [0.15, 0.2) is 5.78 Å². The van der Waals surface area contributed by atoms with Gasteiger partial charge >= 0.3 is 0 Å². The van der Waals surface area contributed by atoms with Crippen LogP contribution >= 0.6 is 0 Å². The smallest absolute Gasteiger partial charge is 0.186 e. The van der Waals surface area contributed by atoms with E-state index in [1.54, 1.807) is 6.08 Å². The van der Waals surface area contributed by atoms with Crippen LogP contribution in [-0.2, 0) is 4.79 Å². The highest BCUT2D eigenvalue weighted by atomic mass is 16.3. The molecule has 0 unspecified atom stereocenters. The Morgan fingerprint density at radius 1 is 1.30 bits per heavy atom. The fourth-order valence-corrected chi connectivity index (χ4v) is 5.43. The van der Waals surface area contributed by atoms with Gasteiger partial charge in [0.2, 0.25) is 0 Å². The maximum Gasteiger partial charge on any atom is 0.186 e. The standard InChI is InChI=1S/C18H22O2/c1-18-9-8-14-13-5-3-12(19)10-11(13)2-4-15(14)16(18)6-7-17(18)20/h3,10,14-17,20H,2,4,6-9H2,1H3/t14-,15-,16+,17-,18+/m1/s1. The molecule has 3 fully saturated rings. The normalized spacial score (nSPS) is 46.2. The Hall–Kier alpha value is -1.11. The second kappa shape index (κ2) is 4.19. The minimum absolute atomic E-state index is 0.0964. The summed E-state index contributed by atoms with van der Waals surface area (Å²) in [6.45, 7) is 2.30. The first-order valence-electron chi connectivity index (χ1n) is 7.99. The van der Waals surface area contributed by atoms with Crippen LogP contribution in [0.3, 0.4) is 0 Å². The van der Waals surface area contributed by atoms with E-state index < -0.39 is 0 Å². The van der Waals surface area contributed by atoms with Crippen LogP contribution in [0.1, 0.15) is 45.4 Å². The second-order valence-corrected chi connectivity index (χ2v) is 7.33. The highest BCUT2D eigenvalue weighted by molar-refractivity contribution is 6.01. The van der Waals surface area contributed by atoms with Gasteiger partial charge in [-0.15, -0.1) is 5.73 Å². The number of carbonyl (C=O) groups is 1. The van der Waals surface area contributed by atoms with E-state index in [9.17, 15) is 9.90 Å². The molecule has 0 spiro atoms. The minimum Gasteiger partial charge on any atom is -0.393 e. The lowest BCUT2D eigenvalue weighted by molar-refractivity contribution is -0.110. The number of allylic oxidation sites excluding steroid dienone is 3. The Bertz CT molecular complexity index is 564. The summed E-state index contributed by atoms with van der Waals surface area (Å²) in [7, 11) is 0. The van der Waals surface area contributed by atoms with Gasteiger partial charge in [0.05, 0.1) is 6.10 Å². The lowest BCUT2D eigenvalue weighted by Crippen LogP contribution is -2.45. The predicted octanol–water partition coefficient (Wildman–Crippen LogP) is 3.17. The molecule has 3 saturated carbocycles. The van der Waals surface area contributed by atoms with Crippen LogP contribution in [-0.4, -0.2) is 17.0 Å². The molecular formula is C18H22O2. The monoisotopic (exact) mass is 270 g/mol. The average molecular weight is 270 g/mol. The molecule has 0 aromatic carbocycles. The SMILES string of the molecule is C[C@]12CC[C@@H]3C4=C=CC(=O)C=C4CC[C@H]3[C@@H]1CC[C@H]2O. The summed E-state index contributed by atoms with van der Waals surface area (Å²) in [5, 5.41) is 10.4. The first-order chi connectivity index (χ1) is 9.59. The van der Waals surface area contributed by atoms with Crippen molar-refractivity contribution in [3.8, 4) is 0 Å². The Morgan fingerprint density at radius 2 is 2.15 bits per heavy atom. The fourth-order valence-electron chi connectivity index (χ4n) is 5.43. The number of carbonyl (C=O) groups excluding carboxylic acids is 1. The maximum atomic E-state index is 11.5. The maximum absolute atomic E-state index is 11.5. The first kappa shape index (κ1) is 12.6. The van der Waals surface area contributed by atoms with Crippen LogP contribution in [0.15, 0.2) is 29.0 Å². The molecule has 106 valence electrons. The van der Waals surface area contributed by atoms with E-state index in [1.807, 2.05) is 6.08 Å². The van der Waals surface area contributed by atoms with Crippen LogP contribution in [0.4, 0.5) is 0 Å². The number of aliphatic hydroxyl groups is 1. The van der Waals surface area contributed by atoms with Crippen molar-refractivity contribution in [2.24, 2.45) is 23.2 Å². The lowest BCUT2D eigenvalue weighted by Gasteiger charge is -2.50. The molecule has 1 N–H and O–H groups in total. The molecule has 0 bridgehead atoms. The first-order valence-corrected chi connectivity index (χ1v) is 7.99. The van der Waals surface area contributed by atoms with Crippen molar-refractivity contribution in [3.05, 3.63) is 29.0 Å². The number of fused-ring (bicyclic) bond motifs is 5. The van der Waals surface area contributed by atoms with Crippen LogP contribution in [0.5, 0.6) is 0 Å². The summed E-state index contributed by atoms with van der Waals surface area (Å²) in [6.07, 6.45) is 9.94. The van der Waals surface area contributed by atoms with Gasteiger partial charge in [0.1, 0.15) is 0 Å². The van der Waals surface area contributed by atoms with Crippen LogP contribution in [0.2, 0.25) is 0 Å². The minimum atomic E-state index is -0.108. The highest BCUT2D eigenvalue weighted by Crippen LogP contribution is 2.60. The van der Waals surface area contributed by atoms with Crippen molar-refractivity contribution in [2.45, 2.75) is 51.6 Å². The molecule has 20 heavy (non-hydrogen) atoms. The summed E-state index contributed by atoms with van der Waals surface area (Å²) >= 11 is 0. The molecular weight excluding hydrogens is 248 g/mol. The molecule has 4 aliphatic rings. The van der Waals surface area contributed by atoms with Gasteiger partial charge in [-0.05, 0) is 73.3 Å². The van der Waals surface area contributed by atoms with Crippen LogP contribution < -0.4 is 0 Å². The van der Waals surface area contributed by atoms with Crippen molar-refractivity contribution in [1.82, 2.24) is 0 Å². The van der Waals surface area contributed by atoms with E-state index in [0.717, 1.165) is 25.7 Å². The van der Waals surface area contributed by atoms with Gasteiger partial charge in [-0.3, -0.25) is 4.79 Å². The molecule has 5 atom stereocenters. The van der Waals surface area contributed by atoms with Gasteiger partial charge in [0, 0.05) is 11.6 Å². The number of ketones is 1. The van der Waals surface area contributed by atoms with Crippen LogP contribution in [0, 0.1) is 23.2 Å². The van der Waals surface area contributed by atoms with Crippen molar-refractivity contribution in [2.75, 3.05) is 0 Å². The zero-order valence-electron chi connectivity index (χ0n) is 12.1. The third kappa shape index (κ3) is 1.58. The molecule has 0 aliphatic heterocycles. The summed E-state index contributed by atoms with van der Waals surface area (Å²) in [5.74, 6) is 2.01. The second-order valence-electron chi connectivity index (χ2n) is 7.33. The largest absolute Gasteiger partial charge is 0.393 e. The molecule has 0 heterocycles. The topological polar surface area (TPSA) is 37.3 Å². The van der Waals surface area contributed by atoms with Crippen LogP contribution in [0.25, 0.3) is 0 Å². The van der Waals surface area contributed by atoms with E-state index in [4.69, 9.17) is 0 Å². The number of rotatable bonds is 0. The van der Waals surface area contributed by atoms with Gasteiger partial charge < -0.3 is 5.11 Å². The van der Waals surface area contributed by atoms with Gasteiger partial charge in [-0.1, -0.05) is 6.92 Å². The zero-order chi connectivity index (χ0) is 13.9. The number of aliphatic hydroxyl groups excluding tert-OH is 1. The molecule has 0 amide bonds. The third-order valence-corrected chi connectivity index (χ3v) is 6.54. The number of hydrogen-bond acceptors (Lipinski definition) is 2. The predicted molar refractivity (Wildman–Crippen MR) is 77.0 cm³/mol. The van der Waals surface area contributed by atoms with E-state index in [1.165, 1.54) is 24.0 Å². The molecule has 0 radical (unpaired) electrons. The molecule has 4 rings (SSSR count). The Kier molecular flexibility index (Phi) is 2.64. The van der Waals surface area contributed by atoms with Crippen molar-refractivity contribution < 1.29 is 9.90 Å². The summed E-state index contributed by atoms with van der Waals surface area (Å²) in [4.78, 5) is 11.5. The molecule has 4 aliphatic carbocycles. The van der Waals surface area contributed by atoms with Gasteiger partial charge in [-0.2, -0.15) is 0 Å². The fraction of sp³-hybridized carbons (Fsp3) is 0.667. The zero-order valence-corrected chi connectivity index (χ0v) is 12.1. The number of hydrogen-bond donors (Lipinski definition) is 1. The summed E-state index contributed by atoms with van der Waals surface area (Å²) < 4.78 is 0. The molecule has 2 nitrogen and oxygen atoms in total.